The van der Waals surface area contributed by atoms with E-state index < -0.39 is 41.5 Å². The quantitative estimate of drug-likeness (QED) is 0.643. The summed E-state index contributed by atoms with van der Waals surface area (Å²) < 4.78 is 45.3. The van der Waals surface area contributed by atoms with E-state index in [1.54, 1.807) is 13.8 Å². The average Bonchev–Trinajstić information content (AvgIpc) is 2.69. The molecule has 0 aliphatic heterocycles. The molecule has 0 aliphatic rings. The van der Waals surface area contributed by atoms with Crippen LogP contribution in [0.4, 0.5) is 18.9 Å². The summed E-state index contributed by atoms with van der Waals surface area (Å²) in [5, 5.41) is 2.20. The van der Waals surface area contributed by atoms with E-state index >= 15 is 0 Å². The van der Waals surface area contributed by atoms with Crippen molar-refractivity contribution >= 4 is 29.1 Å². The van der Waals surface area contributed by atoms with Gasteiger partial charge in [-0.2, -0.15) is 0 Å². The van der Waals surface area contributed by atoms with Gasteiger partial charge in [0, 0.05) is 12.6 Å². The molecule has 1 aromatic carbocycles. The van der Waals surface area contributed by atoms with Crippen LogP contribution in [0.1, 0.15) is 30.8 Å². The second-order valence-electron chi connectivity index (χ2n) is 5.91. The number of ether oxygens (including phenoxy) is 1. The minimum absolute atomic E-state index is 0.0756. The fourth-order valence-corrected chi connectivity index (χ4v) is 2.65. The fraction of sp³-hybridized carbons (Fsp3) is 0.316. The number of hydrogen-bond acceptors (Lipinski definition) is 4. The Morgan fingerprint density at radius 1 is 1.14 bits per heavy atom. The van der Waals surface area contributed by atoms with Crippen molar-refractivity contribution in [2.24, 2.45) is 0 Å². The van der Waals surface area contributed by atoms with Crippen molar-refractivity contribution in [2.45, 2.75) is 20.3 Å². The summed E-state index contributed by atoms with van der Waals surface area (Å²) in [6, 6.07) is 4.53. The second kappa shape index (κ2) is 10.1. The molecular formula is C19H19ClF3N3O3. The van der Waals surface area contributed by atoms with Crippen molar-refractivity contribution in [3.8, 4) is 5.88 Å². The summed E-state index contributed by atoms with van der Waals surface area (Å²) in [6.45, 7) is 3.59. The van der Waals surface area contributed by atoms with Crippen molar-refractivity contribution in [3.05, 3.63) is 52.4 Å². The number of aromatic nitrogens is 1. The maximum absolute atomic E-state index is 13.8. The molecule has 29 heavy (non-hydrogen) atoms. The third kappa shape index (κ3) is 5.60. The molecule has 1 N–H and O–H groups in total. The first kappa shape index (κ1) is 22.5. The molecule has 0 atom stereocenters. The molecule has 2 rings (SSSR count). The number of halogens is 4. The molecule has 0 saturated carbocycles. The van der Waals surface area contributed by atoms with Gasteiger partial charge >= 0.3 is 0 Å². The largest absolute Gasteiger partial charge is 0.478 e. The Balaban J connectivity index is 2.19. The van der Waals surface area contributed by atoms with Crippen LogP contribution >= 0.6 is 11.6 Å². The summed E-state index contributed by atoms with van der Waals surface area (Å²) in [7, 11) is 0. The maximum Gasteiger partial charge on any atom is 0.274 e. The number of anilines is 1. The van der Waals surface area contributed by atoms with Crippen molar-refractivity contribution in [1.82, 2.24) is 9.88 Å². The molecule has 10 heteroatoms. The zero-order valence-electron chi connectivity index (χ0n) is 15.8. The lowest BCUT2D eigenvalue weighted by Gasteiger charge is -2.22. The topological polar surface area (TPSA) is 71.5 Å². The van der Waals surface area contributed by atoms with Crippen LogP contribution in [-0.4, -0.2) is 41.4 Å². The van der Waals surface area contributed by atoms with E-state index in [0.29, 0.717) is 19.1 Å². The van der Waals surface area contributed by atoms with Gasteiger partial charge in [-0.15, -0.1) is 0 Å². The second-order valence-corrected chi connectivity index (χ2v) is 6.32. The van der Waals surface area contributed by atoms with Crippen LogP contribution in [0.5, 0.6) is 5.88 Å². The standard InChI is InChI=1S/C19H19ClF3N3O3/c1-3-9-26(19(28)18-11(20)5-8-15(25-18)29-4-2)10-14(27)24-13-7-6-12(21)16(22)17(13)23/h5-8H,3-4,9-10H2,1-2H3,(H,24,27). The minimum Gasteiger partial charge on any atom is -0.478 e. The van der Waals surface area contributed by atoms with Crippen molar-refractivity contribution in [2.75, 3.05) is 25.0 Å². The Morgan fingerprint density at radius 2 is 1.86 bits per heavy atom. The van der Waals surface area contributed by atoms with Crippen LogP contribution in [0.3, 0.4) is 0 Å². The Kier molecular flexibility index (Phi) is 7.83. The van der Waals surface area contributed by atoms with Crippen LogP contribution in [0.2, 0.25) is 5.02 Å². The summed E-state index contributed by atoms with van der Waals surface area (Å²) >= 11 is 6.06. The molecule has 0 unspecified atom stereocenters. The van der Waals surface area contributed by atoms with E-state index in [2.05, 4.69) is 10.3 Å². The molecule has 156 valence electrons. The van der Waals surface area contributed by atoms with Crippen LogP contribution in [0.25, 0.3) is 0 Å². The zero-order valence-corrected chi connectivity index (χ0v) is 16.5. The van der Waals surface area contributed by atoms with Gasteiger partial charge < -0.3 is 15.0 Å². The Bertz CT molecular complexity index is 912. The zero-order chi connectivity index (χ0) is 21.6. The molecule has 0 saturated heterocycles. The van der Waals surface area contributed by atoms with Gasteiger partial charge in [0.1, 0.15) is 6.54 Å². The van der Waals surface area contributed by atoms with Gasteiger partial charge in [0.15, 0.2) is 23.1 Å². The lowest BCUT2D eigenvalue weighted by molar-refractivity contribution is -0.116. The summed E-state index contributed by atoms with van der Waals surface area (Å²) in [4.78, 5) is 30.3. The normalized spacial score (nSPS) is 10.6. The van der Waals surface area contributed by atoms with E-state index in [4.69, 9.17) is 16.3 Å². The first-order valence-corrected chi connectivity index (χ1v) is 9.18. The molecule has 0 bridgehead atoms. The van der Waals surface area contributed by atoms with Gasteiger partial charge in [0.2, 0.25) is 11.8 Å². The van der Waals surface area contributed by atoms with Gasteiger partial charge in [-0.1, -0.05) is 18.5 Å². The fourth-order valence-electron chi connectivity index (χ4n) is 2.46. The molecule has 1 heterocycles. The van der Waals surface area contributed by atoms with E-state index in [9.17, 15) is 22.8 Å². The van der Waals surface area contributed by atoms with Crippen LogP contribution in [0.15, 0.2) is 24.3 Å². The van der Waals surface area contributed by atoms with Gasteiger partial charge in [0.25, 0.3) is 5.91 Å². The highest BCUT2D eigenvalue weighted by Crippen LogP contribution is 2.21. The Morgan fingerprint density at radius 3 is 2.52 bits per heavy atom. The van der Waals surface area contributed by atoms with E-state index in [0.717, 1.165) is 11.0 Å². The van der Waals surface area contributed by atoms with E-state index in [1.807, 2.05) is 0 Å². The van der Waals surface area contributed by atoms with Gasteiger partial charge in [-0.3, -0.25) is 9.59 Å². The van der Waals surface area contributed by atoms with Crippen LogP contribution < -0.4 is 10.1 Å². The number of rotatable bonds is 8. The number of amides is 2. The molecule has 1 aromatic heterocycles. The van der Waals surface area contributed by atoms with E-state index in [-0.39, 0.29) is 23.1 Å². The Hall–Kier alpha value is -2.81. The van der Waals surface area contributed by atoms with Crippen molar-refractivity contribution < 1.29 is 27.5 Å². The predicted octanol–water partition coefficient (Wildman–Crippen LogP) is 4.04. The molecule has 0 aliphatic carbocycles. The monoisotopic (exact) mass is 429 g/mol. The SMILES string of the molecule is CCCN(CC(=O)Nc1ccc(F)c(F)c1F)C(=O)c1nc(OCC)ccc1Cl. The number of hydrogen-bond donors (Lipinski definition) is 1. The summed E-state index contributed by atoms with van der Waals surface area (Å²) in [6.07, 6.45) is 0.515. The van der Waals surface area contributed by atoms with Gasteiger partial charge in [0.05, 0.1) is 17.3 Å². The Labute approximate surface area is 170 Å². The maximum atomic E-state index is 13.8. The molecule has 0 radical (unpaired) electrons. The molecular weight excluding hydrogens is 411 g/mol. The predicted molar refractivity (Wildman–Crippen MR) is 102 cm³/mol. The lowest BCUT2D eigenvalue weighted by Crippen LogP contribution is -2.39. The highest BCUT2D eigenvalue weighted by Gasteiger charge is 2.23. The number of carbonyl (C=O) groups excluding carboxylic acids is 2. The van der Waals surface area contributed by atoms with Crippen LogP contribution in [0, 0.1) is 17.5 Å². The number of carbonyl (C=O) groups is 2. The van der Waals surface area contributed by atoms with Crippen LogP contribution in [-0.2, 0) is 4.79 Å². The number of nitrogens with zero attached hydrogens (tertiary/aromatic N) is 2. The van der Waals surface area contributed by atoms with Crippen molar-refractivity contribution in [3.63, 3.8) is 0 Å². The molecule has 0 spiro atoms. The van der Waals surface area contributed by atoms with Crippen molar-refractivity contribution in [1.29, 1.82) is 0 Å². The minimum atomic E-state index is -1.70. The first-order chi connectivity index (χ1) is 13.8. The van der Waals surface area contributed by atoms with Gasteiger partial charge in [-0.05, 0) is 31.5 Å². The molecule has 2 aromatic rings. The highest BCUT2D eigenvalue weighted by molar-refractivity contribution is 6.33. The summed E-state index contributed by atoms with van der Waals surface area (Å²) in [5.74, 6) is -5.83. The number of nitrogens with one attached hydrogen (secondary N) is 1. The smallest absolute Gasteiger partial charge is 0.274 e. The third-order valence-corrected chi connectivity index (χ3v) is 4.04. The molecule has 0 fully saturated rings. The summed E-state index contributed by atoms with van der Waals surface area (Å²) in [5.41, 5.74) is -0.634. The first-order valence-electron chi connectivity index (χ1n) is 8.80. The number of pyridine rings is 1. The molecule has 2 amide bonds. The van der Waals surface area contributed by atoms with E-state index in [1.165, 1.54) is 12.1 Å². The van der Waals surface area contributed by atoms with Gasteiger partial charge in [-0.25, -0.2) is 18.2 Å². The third-order valence-electron chi connectivity index (χ3n) is 3.74. The number of benzene rings is 1. The molecule has 6 nitrogen and oxygen atoms in total. The lowest BCUT2D eigenvalue weighted by atomic mass is 10.2. The average molecular weight is 430 g/mol. The highest BCUT2D eigenvalue weighted by atomic mass is 35.5.